The van der Waals surface area contributed by atoms with E-state index in [4.69, 9.17) is 0 Å². The third-order valence-corrected chi connectivity index (χ3v) is 3.96. The van der Waals surface area contributed by atoms with Gasteiger partial charge in [-0.15, -0.1) is 0 Å². The van der Waals surface area contributed by atoms with E-state index in [-0.39, 0.29) is 11.8 Å². The number of benzene rings is 2. The van der Waals surface area contributed by atoms with Crippen molar-refractivity contribution in [3.8, 4) is 0 Å². The number of amides is 2. The zero-order valence-electron chi connectivity index (χ0n) is 14.5. The van der Waals surface area contributed by atoms with Crippen LogP contribution in [0.1, 0.15) is 16.7 Å². The summed E-state index contributed by atoms with van der Waals surface area (Å²) < 4.78 is 14.7. The third-order valence-electron chi connectivity index (χ3n) is 3.96. The van der Waals surface area contributed by atoms with Gasteiger partial charge in [-0.2, -0.15) is 5.10 Å². The molecule has 0 unspecified atom stereocenters. The number of urea groups is 1. The van der Waals surface area contributed by atoms with E-state index in [0.717, 1.165) is 16.7 Å². The smallest absolute Gasteiger partial charge is 0.317 e. The van der Waals surface area contributed by atoms with Crippen molar-refractivity contribution in [2.24, 2.45) is 0 Å². The molecule has 0 bridgehead atoms. The molecule has 2 amide bonds. The fraction of sp³-hybridized carbons (Fsp3) is 0.211. The second-order valence-electron chi connectivity index (χ2n) is 6.05. The lowest BCUT2D eigenvalue weighted by Crippen LogP contribution is -2.36. The predicted octanol–water partition coefficient (Wildman–Crippen LogP) is 2.81. The minimum atomic E-state index is -0.284. The second-order valence-corrected chi connectivity index (χ2v) is 6.05. The van der Waals surface area contributed by atoms with Gasteiger partial charge in [-0.3, -0.25) is 0 Å². The van der Waals surface area contributed by atoms with Gasteiger partial charge in [0.05, 0.1) is 6.54 Å². The maximum atomic E-state index is 12.9. The van der Waals surface area contributed by atoms with E-state index in [1.165, 1.54) is 18.5 Å². The molecule has 0 atom stereocenters. The van der Waals surface area contributed by atoms with Crippen LogP contribution in [0.15, 0.2) is 61.2 Å². The average Bonchev–Trinajstić information content (AvgIpc) is 3.16. The Labute approximate surface area is 151 Å². The second kappa shape index (κ2) is 8.24. The molecule has 3 rings (SSSR count). The highest BCUT2D eigenvalue weighted by molar-refractivity contribution is 5.73. The first-order valence-corrected chi connectivity index (χ1v) is 8.24. The monoisotopic (exact) mass is 353 g/mol. The van der Waals surface area contributed by atoms with Gasteiger partial charge in [-0.25, -0.2) is 18.9 Å². The number of nitrogens with one attached hydrogen (secondary N) is 1. The molecule has 1 heterocycles. The predicted molar refractivity (Wildman–Crippen MR) is 95.7 cm³/mol. The van der Waals surface area contributed by atoms with Gasteiger partial charge in [0, 0.05) is 20.1 Å². The molecule has 0 spiro atoms. The zero-order chi connectivity index (χ0) is 18.4. The number of aromatic nitrogens is 3. The average molecular weight is 353 g/mol. The van der Waals surface area contributed by atoms with Gasteiger partial charge < -0.3 is 10.2 Å². The molecule has 0 aliphatic rings. The topological polar surface area (TPSA) is 63.1 Å². The molecule has 7 heteroatoms. The number of nitrogens with zero attached hydrogens (tertiary/aromatic N) is 4. The van der Waals surface area contributed by atoms with Crippen molar-refractivity contribution in [1.82, 2.24) is 25.0 Å². The highest BCUT2D eigenvalue weighted by Crippen LogP contribution is 2.08. The Morgan fingerprint density at radius 1 is 1.08 bits per heavy atom. The third kappa shape index (κ3) is 4.89. The van der Waals surface area contributed by atoms with Crippen LogP contribution < -0.4 is 5.32 Å². The van der Waals surface area contributed by atoms with Gasteiger partial charge in [0.2, 0.25) is 0 Å². The largest absolute Gasteiger partial charge is 0.334 e. The van der Waals surface area contributed by atoms with Crippen molar-refractivity contribution in [3.63, 3.8) is 0 Å². The standard InChI is InChI=1S/C19H20FN5O/c1-24(11-16-6-8-18(20)9-7-16)19(26)22-10-15-2-4-17(5-3-15)12-25-14-21-13-23-25/h2-9,13-14H,10-12H2,1H3,(H,22,26). The first kappa shape index (κ1) is 17.6. The Morgan fingerprint density at radius 2 is 1.73 bits per heavy atom. The van der Waals surface area contributed by atoms with Crippen LogP contribution in [-0.2, 0) is 19.6 Å². The van der Waals surface area contributed by atoms with Crippen LogP contribution in [0.2, 0.25) is 0 Å². The Morgan fingerprint density at radius 3 is 2.38 bits per heavy atom. The van der Waals surface area contributed by atoms with Gasteiger partial charge in [-0.05, 0) is 28.8 Å². The molecule has 6 nitrogen and oxygen atoms in total. The summed E-state index contributed by atoms with van der Waals surface area (Å²) in [5.41, 5.74) is 3.00. The first-order chi connectivity index (χ1) is 12.6. The Kier molecular flexibility index (Phi) is 5.58. The van der Waals surface area contributed by atoms with Crippen LogP contribution >= 0.6 is 0 Å². The lowest BCUT2D eigenvalue weighted by molar-refractivity contribution is 0.206. The molecule has 3 aromatic rings. The quantitative estimate of drug-likeness (QED) is 0.741. The number of hydrogen-bond acceptors (Lipinski definition) is 3. The molecule has 0 saturated heterocycles. The summed E-state index contributed by atoms with van der Waals surface area (Å²) in [6.07, 6.45) is 3.18. The lowest BCUT2D eigenvalue weighted by Gasteiger charge is -2.18. The summed E-state index contributed by atoms with van der Waals surface area (Å²) >= 11 is 0. The fourth-order valence-corrected chi connectivity index (χ4v) is 2.51. The number of hydrogen-bond donors (Lipinski definition) is 1. The van der Waals surface area contributed by atoms with Crippen LogP contribution in [-0.4, -0.2) is 32.7 Å². The van der Waals surface area contributed by atoms with Crippen molar-refractivity contribution < 1.29 is 9.18 Å². The van der Waals surface area contributed by atoms with Crippen LogP contribution in [0.4, 0.5) is 9.18 Å². The lowest BCUT2D eigenvalue weighted by atomic mass is 10.1. The molecule has 0 fully saturated rings. The van der Waals surface area contributed by atoms with E-state index in [2.05, 4.69) is 15.4 Å². The van der Waals surface area contributed by atoms with Gasteiger partial charge in [0.15, 0.2) is 0 Å². The minimum absolute atomic E-state index is 0.180. The van der Waals surface area contributed by atoms with Gasteiger partial charge in [0.25, 0.3) is 0 Å². The van der Waals surface area contributed by atoms with Crippen molar-refractivity contribution >= 4 is 6.03 Å². The van der Waals surface area contributed by atoms with Crippen molar-refractivity contribution in [1.29, 1.82) is 0 Å². The van der Waals surface area contributed by atoms with Crippen LogP contribution in [0.25, 0.3) is 0 Å². The van der Waals surface area contributed by atoms with E-state index in [9.17, 15) is 9.18 Å². The Bertz CT molecular complexity index is 831. The number of carbonyl (C=O) groups excluding carboxylic acids is 1. The molecule has 134 valence electrons. The normalized spacial score (nSPS) is 10.5. The van der Waals surface area contributed by atoms with Crippen LogP contribution in [0, 0.1) is 5.82 Å². The minimum Gasteiger partial charge on any atom is -0.334 e. The first-order valence-electron chi connectivity index (χ1n) is 8.24. The molecular weight excluding hydrogens is 333 g/mol. The van der Waals surface area contributed by atoms with Gasteiger partial charge in [0.1, 0.15) is 18.5 Å². The molecule has 0 aliphatic carbocycles. The number of halogens is 1. The van der Waals surface area contributed by atoms with Crippen molar-refractivity contribution in [3.05, 3.63) is 83.7 Å². The summed E-state index contributed by atoms with van der Waals surface area (Å²) in [7, 11) is 1.71. The molecule has 0 radical (unpaired) electrons. The van der Waals surface area contributed by atoms with Crippen molar-refractivity contribution in [2.75, 3.05) is 7.05 Å². The van der Waals surface area contributed by atoms with E-state index in [1.54, 1.807) is 35.1 Å². The molecule has 26 heavy (non-hydrogen) atoms. The SMILES string of the molecule is CN(Cc1ccc(F)cc1)C(=O)NCc1ccc(Cn2cncn2)cc1. The molecule has 0 saturated carbocycles. The molecular formula is C19H20FN5O. The van der Waals surface area contributed by atoms with Crippen LogP contribution in [0.3, 0.4) is 0 Å². The molecule has 1 N–H and O–H groups in total. The summed E-state index contributed by atoms with van der Waals surface area (Å²) in [5, 5.41) is 6.96. The fourth-order valence-electron chi connectivity index (χ4n) is 2.51. The highest BCUT2D eigenvalue weighted by atomic mass is 19.1. The summed E-state index contributed by atoms with van der Waals surface area (Å²) in [6.45, 7) is 1.52. The highest BCUT2D eigenvalue weighted by Gasteiger charge is 2.09. The van der Waals surface area contributed by atoms with E-state index in [1.807, 2.05) is 24.3 Å². The van der Waals surface area contributed by atoms with Crippen LogP contribution in [0.5, 0.6) is 0 Å². The van der Waals surface area contributed by atoms with E-state index in [0.29, 0.717) is 19.6 Å². The maximum Gasteiger partial charge on any atom is 0.317 e. The Balaban J connectivity index is 1.48. The van der Waals surface area contributed by atoms with Gasteiger partial charge in [-0.1, -0.05) is 36.4 Å². The molecule has 0 aliphatic heterocycles. The zero-order valence-corrected chi connectivity index (χ0v) is 14.5. The summed E-state index contributed by atoms with van der Waals surface area (Å²) in [6, 6.07) is 13.9. The number of carbonyl (C=O) groups is 1. The number of rotatable bonds is 6. The maximum absolute atomic E-state index is 12.9. The van der Waals surface area contributed by atoms with Crippen molar-refractivity contribution in [2.45, 2.75) is 19.6 Å². The van der Waals surface area contributed by atoms with E-state index < -0.39 is 0 Å². The summed E-state index contributed by atoms with van der Waals surface area (Å²) in [4.78, 5) is 17.7. The summed E-state index contributed by atoms with van der Waals surface area (Å²) in [5.74, 6) is -0.284. The molecule has 1 aromatic heterocycles. The molecule has 2 aromatic carbocycles. The van der Waals surface area contributed by atoms with E-state index >= 15 is 0 Å². The van der Waals surface area contributed by atoms with Gasteiger partial charge >= 0.3 is 6.03 Å². The Hall–Kier alpha value is -3.22.